The fourth-order valence-corrected chi connectivity index (χ4v) is 7.43. The van der Waals surface area contributed by atoms with Gasteiger partial charge in [-0.3, -0.25) is 4.79 Å². The molecule has 46 heavy (non-hydrogen) atoms. The van der Waals surface area contributed by atoms with Gasteiger partial charge in [0, 0.05) is 55.0 Å². The molecule has 1 fully saturated rings. The molecule has 0 aliphatic carbocycles. The Hall–Kier alpha value is -4.17. The van der Waals surface area contributed by atoms with Crippen LogP contribution in [0.3, 0.4) is 0 Å². The molecule has 4 N–H and O–H groups in total. The first-order valence-corrected chi connectivity index (χ1v) is 15.9. The first-order valence-electron chi connectivity index (χ1n) is 14.5. The van der Waals surface area contributed by atoms with E-state index in [2.05, 4.69) is 10.6 Å². The summed E-state index contributed by atoms with van der Waals surface area (Å²) in [6.07, 6.45) is 0.223. The molecule has 4 aromatic rings. The second-order valence-electron chi connectivity index (χ2n) is 11.0. The maximum atomic E-state index is 15.2. The molecule has 0 radical (unpaired) electrons. The highest BCUT2D eigenvalue weighted by Gasteiger charge is 2.34. The Labute approximate surface area is 263 Å². The van der Waals surface area contributed by atoms with E-state index >= 15 is 4.39 Å². The molecule has 5 rings (SSSR count). The third kappa shape index (κ3) is 7.44. The lowest BCUT2D eigenvalue weighted by Crippen LogP contribution is -2.53. The maximum absolute atomic E-state index is 15.2. The summed E-state index contributed by atoms with van der Waals surface area (Å²) in [7, 11) is -3.83. The molecule has 1 amide bonds. The van der Waals surface area contributed by atoms with Crippen molar-refractivity contribution >= 4 is 21.6 Å². The van der Waals surface area contributed by atoms with Crippen LogP contribution in [0.4, 0.5) is 27.6 Å². The molecule has 2 unspecified atom stereocenters. The van der Waals surface area contributed by atoms with E-state index in [1.165, 1.54) is 34.6 Å². The van der Waals surface area contributed by atoms with Crippen LogP contribution in [0.15, 0.2) is 89.8 Å². The van der Waals surface area contributed by atoms with Gasteiger partial charge in [0.15, 0.2) is 0 Å². The lowest BCUT2D eigenvalue weighted by molar-refractivity contribution is -0.117. The molecule has 1 aliphatic heterocycles. The minimum Gasteiger partial charge on any atom is -0.324 e. The molecule has 1 heterocycles. The summed E-state index contributed by atoms with van der Waals surface area (Å²) in [5.74, 6) is -6.93. The SMILES string of the molecule is NC(C(=O)Nc1cccc(F)c1CCC1CNCCN1S(=O)(=O)c1ccccc1)C(c1cc(F)cc(F)c1)c1cc(F)cc(F)c1. The normalized spacial score (nSPS) is 16.4. The van der Waals surface area contributed by atoms with Gasteiger partial charge in [-0.05, 0) is 72.5 Å². The van der Waals surface area contributed by atoms with Crippen molar-refractivity contribution in [1.82, 2.24) is 9.62 Å². The number of sulfonamides is 1. The van der Waals surface area contributed by atoms with Crippen molar-refractivity contribution in [2.75, 3.05) is 25.0 Å². The Kier molecular flexibility index (Phi) is 10.2. The van der Waals surface area contributed by atoms with Crippen LogP contribution in [0.2, 0.25) is 0 Å². The number of hydrogen-bond acceptors (Lipinski definition) is 5. The van der Waals surface area contributed by atoms with Gasteiger partial charge in [-0.25, -0.2) is 30.4 Å². The molecule has 0 saturated carbocycles. The van der Waals surface area contributed by atoms with Crippen molar-refractivity contribution in [3.63, 3.8) is 0 Å². The van der Waals surface area contributed by atoms with Crippen LogP contribution in [-0.2, 0) is 21.2 Å². The van der Waals surface area contributed by atoms with E-state index in [0.29, 0.717) is 25.2 Å². The quantitative estimate of drug-likeness (QED) is 0.207. The number of benzene rings is 4. The largest absolute Gasteiger partial charge is 0.324 e. The van der Waals surface area contributed by atoms with Crippen LogP contribution in [0, 0.1) is 29.1 Å². The molecule has 1 saturated heterocycles. The van der Waals surface area contributed by atoms with E-state index in [1.54, 1.807) is 18.2 Å². The fraction of sp³-hybridized carbons (Fsp3) is 0.242. The van der Waals surface area contributed by atoms with Gasteiger partial charge in [-0.2, -0.15) is 4.31 Å². The predicted octanol–water partition coefficient (Wildman–Crippen LogP) is 5.08. The van der Waals surface area contributed by atoms with Crippen molar-refractivity contribution in [2.24, 2.45) is 5.73 Å². The molecular weight excluding hydrogens is 627 g/mol. The van der Waals surface area contributed by atoms with E-state index in [4.69, 9.17) is 5.73 Å². The van der Waals surface area contributed by atoms with Gasteiger partial charge in [-0.1, -0.05) is 24.3 Å². The van der Waals surface area contributed by atoms with Crippen LogP contribution < -0.4 is 16.4 Å². The van der Waals surface area contributed by atoms with Gasteiger partial charge in [0.2, 0.25) is 15.9 Å². The Bertz CT molecular complexity index is 1740. The fourth-order valence-electron chi connectivity index (χ4n) is 5.76. The monoisotopic (exact) mass is 658 g/mol. The van der Waals surface area contributed by atoms with Crippen molar-refractivity contribution in [2.45, 2.75) is 35.7 Å². The number of nitrogens with zero attached hydrogens (tertiary/aromatic N) is 1. The Morgan fingerprint density at radius 1 is 0.870 bits per heavy atom. The zero-order valence-corrected chi connectivity index (χ0v) is 25.2. The van der Waals surface area contributed by atoms with Crippen LogP contribution >= 0.6 is 0 Å². The summed E-state index contributed by atoms with van der Waals surface area (Å²) in [6, 6.07) is 14.6. The lowest BCUT2D eigenvalue weighted by Gasteiger charge is -2.35. The molecule has 0 aromatic heterocycles. The first kappa shape index (κ1) is 33.2. The van der Waals surface area contributed by atoms with Gasteiger partial charge in [-0.15, -0.1) is 0 Å². The molecular formula is C33H31F5N4O3S. The molecule has 2 atom stereocenters. The molecule has 4 aromatic carbocycles. The molecule has 0 spiro atoms. The zero-order chi connectivity index (χ0) is 33.0. The summed E-state index contributed by atoms with van der Waals surface area (Å²) < 4.78 is 100. The third-order valence-electron chi connectivity index (χ3n) is 7.90. The van der Waals surface area contributed by atoms with Crippen LogP contribution in [0.25, 0.3) is 0 Å². The topological polar surface area (TPSA) is 105 Å². The van der Waals surface area contributed by atoms with Gasteiger partial charge >= 0.3 is 0 Å². The molecule has 7 nitrogen and oxygen atoms in total. The highest BCUT2D eigenvalue weighted by molar-refractivity contribution is 7.89. The number of carbonyl (C=O) groups is 1. The van der Waals surface area contributed by atoms with E-state index in [0.717, 1.165) is 24.3 Å². The standard InChI is InChI=1S/C33H31F5N4O3S/c34-22-13-20(14-23(35)17-22)31(21-15-24(36)18-25(37)16-21)32(39)33(43)41-30-8-4-7-29(38)28(30)10-9-26-19-40-11-12-42(26)46(44,45)27-5-2-1-3-6-27/h1-8,13-18,26,31-32,40H,9-12,19,39H2,(H,41,43). The van der Waals surface area contributed by atoms with Crippen molar-refractivity contribution in [3.8, 4) is 0 Å². The number of nitrogens with two attached hydrogens (primary N) is 1. The zero-order valence-electron chi connectivity index (χ0n) is 24.4. The number of rotatable bonds is 10. The average molecular weight is 659 g/mol. The summed E-state index contributed by atoms with van der Waals surface area (Å²) in [4.78, 5) is 13.7. The Balaban J connectivity index is 1.40. The van der Waals surface area contributed by atoms with Gasteiger partial charge in [0.1, 0.15) is 29.1 Å². The highest BCUT2D eigenvalue weighted by atomic mass is 32.2. The van der Waals surface area contributed by atoms with E-state index < -0.39 is 63.0 Å². The average Bonchev–Trinajstić information content (AvgIpc) is 3.00. The van der Waals surface area contributed by atoms with Crippen molar-refractivity contribution < 1.29 is 35.2 Å². The van der Waals surface area contributed by atoms with Gasteiger partial charge in [0.05, 0.1) is 10.9 Å². The minimum absolute atomic E-state index is 0.0261. The Morgan fingerprint density at radius 3 is 2.04 bits per heavy atom. The smallest absolute Gasteiger partial charge is 0.243 e. The van der Waals surface area contributed by atoms with Gasteiger partial charge in [0.25, 0.3) is 0 Å². The second-order valence-corrected chi connectivity index (χ2v) is 12.9. The molecule has 0 bridgehead atoms. The van der Waals surface area contributed by atoms with Crippen LogP contribution in [-0.4, -0.2) is 50.3 Å². The van der Waals surface area contributed by atoms with E-state index in [1.807, 2.05) is 0 Å². The number of nitrogens with one attached hydrogen (secondary N) is 2. The summed E-state index contributed by atoms with van der Waals surface area (Å²) >= 11 is 0. The van der Waals surface area contributed by atoms with Crippen LogP contribution in [0.5, 0.6) is 0 Å². The van der Waals surface area contributed by atoms with Gasteiger partial charge < -0.3 is 16.4 Å². The van der Waals surface area contributed by atoms with E-state index in [9.17, 15) is 30.8 Å². The Morgan fingerprint density at radius 2 is 1.46 bits per heavy atom. The predicted molar refractivity (Wildman–Crippen MR) is 163 cm³/mol. The molecule has 13 heteroatoms. The van der Waals surface area contributed by atoms with Crippen molar-refractivity contribution in [3.05, 3.63) is 131 Å². The van der Waals surface area contributed by atoms with E-state index in [-0.39, 0.29) is 46.7 Å². The van der Waals surface area contributed by atoms with Crippen molar-refractivity contribution in [1.29, 1.82) is 0 Å². The first-order chi connectivity index (χ1) is 21.9. The highest BCUT2D eigenvalue weighted by Crippen LogP contribution is 2.32. The number of hydrogen-bond donors (Lipinski definition) is 3. The molecule has 242 valence electrons. The summed E-state index contributed by atoms with van der Waals surface area (Å²) in [6.45, 7) is 0.969. The summed E-state index contributed by atoms with van der Waals surface area (Å²) in [5, 5.41) is 5.73. The number of piperazine rings is 1. The number of amides is 1. The number of carbonyl (C=O) groups excluding carboxylic acids is 1. The number of anilines is 1. The minimum atomic E-state index is -3.83. The lowest BCUT2D eigenvalue weighted by atomic mass is 9.84. The van der Waals surface area contributed by atoms with Crippen LogP contribution in [0.1, 0.15) is 29.0 Å². The third-order valence-corrected chi connectivity index (χ3v) is 9.87. The molecule has 1 aliphatic rings. The number of halogens is 5. The maximum Gasteiger partial charge on any atom is 0.243 e. The summed E-state index contributed by atoms with van der Waals surface area (Å²) in [5.41, 5.74) is 6.13. The second kappa shape index (κ2) is 14.1.